The Morgan fingerprint density at radius 3 is 2.44 bits per heavy atom. The van der Waals surface area contributed by atoms with Crippen molar-refractivity contribution in [2.45, 2.75) is 57.5 Å². The summed E-state index contributed by atoms with van der Waals surface area (Å²) in [4.78, 5) is 29.9. The second-order valence-electron chi connectivity index (χ2n) is 8.52. The van der Waals surface area contributed by atoms with E-state index in [1.807, 2.05) is 6.92 Å². The van der Waals surface area contributed by atoms with E-state index in [0.717, 1.165) is 58.5 Å². The zero-order valence-corrected chi connectivity index (χ0v) is 17.9. The van der Waals surface area contributed by atoms with Gasteiger partial charge in [0.05, 0.1) is 11.5 Å². The van der Waals surface area contributed by atoms with Crippen LogP contribution in [0.15, 0.2) is 0 Å². The molecule has 0 aromatic rings. The maximum absolute atomic E-state index is 13.3. The molecule has 3 atom stereocenters. The van der Waals surface area contributed by atoms with Gasteiger partial charge >= 0.3 is 0 Å². The largest absolute Gasteiger partial charge is 0.352 e. The van der Waals surface area contributed by atoms with Crippen molar-refractivity contribution in [3.63, 3.8) is 0 Å². The Labute approximate surface area is 175 Å². The molecule has 156 valence electrons. The molecule has 2 aliphatic heterocycles. The first kappa shape index (κ1) is 22.7. The number of nitrogens with one attached hydrogen (secondary N) is 2. The van der Waals surface area contributed by atoms with Gasteiger partial charge in [-0.15, -0.1) is 24.8 Å². The van der Waals surface area contributed by atoms with E-state index in [9.17, 15) is 9.59 Å². The minimum Gasteiger partial charge on any atom is -0.352 e. The third-order valence-electron chi connectivity index (χ3n) is 6.92. The molecule has 0 radical (unpaired) electrons. The molecule has 2 amide bonds. The van der Waals surface area contributed by atoms with E-state index < -0.39 is 0 Å². The molecule has 6 nitrogen and oxygen atoms in total. The summed E-state index contributed by atoms with van der Waals surface area (Å²) in [7, 11) is 0. The number of hydrogen-bond acceptors (Lipinski definition) is 4. The van der Waals surface area contributed by atoms with Gasteiger partial charge in [-0.25, -0.2) is 0 Å². The maximum Gasteiger partial charge on any atom is 0.237 e. The first-order chi connectivity index (χ1) is 12.1. The summed E-state index contributed by atoms with van der Waals surface area (Å²) >= 11 is 0. The number of carbonyl (C=O) groups excluding carboxylic acids is 2. The Balaban J connectivity index is 0.00000131. The van der Waals surface area contributed by atoms with Crippen LogP contribution >= 0.6 is 24.8 Å². The zero-order valence-electron chi connectivity index (χ0n) is 16.2. The lowest BCUT2D eigenvalue weighted by Crippen LogP contribution is -2.58. The molecule has 4 rings (SSSR count). The predicted molar refractivity (Wildman–Crippen MR) is 111 cm³/mol. The highest BCUT2D eigenvalue weighted by atomic mass is 35.5. The van der Waals surface area contributed by atoms with Crippen molar-refractivity contribution in [1.82, 2.24) is 20.4 Å². The fourth-order valence-electron chi connectivity index (χ4n) is 5.01. The van der Waals surface area contributed by atoms with E-state index >= 15 is 0 Å². The van der Waals surface area contributed by atoms with Crippen molar-refractivity contribution >= 4 is 36.6 Å². The summed E-state index contributed by atoms with van der Waals surface area (Å²) in [5, 5.41) is 6.58. The predicted octanol–water partition coefficient (Wildman–Crippen LogP) is 1.42. The highest BCUT2D eigenvalue weighted by molar-refractivity contribution is 5.86. The van der Waals surface area contributed by atoms with Gasteiger partial charge in [0.25, 0.3) is 0 Å². The number of carbonyl (C=O) groups is 2. The lowest BCUT2D eigenvalue weighted by Gasteiger charge is -2.44. The Morgan fingerprint density at radius 2 is 1.78 bits per heavy atom. The highest BCUT2D eigenvalue weighted by Gasteiger charge is 2.51. The lowest BCUT2D eigenvalue weighted by atomic mass is 9.67. The summed E-state index contributed by atoms with van der Waals surface area (Å²) in [5.74, 6) is 1.04. The van der Waals surface area contributed by atoms with Gasteiger partial charge < -0.3 is 15.5 Å². The van der Waals surface area contributed by atoms with Gasteiger partial charge in [-0.1, -0.05) is 12.8 Å². The van der Waals surface area contributed by atoms with Crippen LogP contribution in [0.3, 0.4) is 0 Å². The van der Waals surface area contributed by atoms with Gasteiger partial charge in [0.15, 0.2) is 0 Å². The molecule has 2 heterocycles. The second-order valence-corrected chi connectivity index (χ2v) is 8.52. The molecule has 1 unspecified atom stereocenters. The van der Waals surface area contributed by atoms with Gasteiger partial charge in [-0.05, 0) is 45.1 Å². The number of fused-ring (bicyclic) bond motifs is 1. The molecule has 8 heteroatoms. The van der Waals surface area contributed by atoms with Gasteiger partial charge in [0.1, 0.15) is 0 Å². The smallest absolute Gasteiger partial charge is 0.237 e. The van der Waals surface area contributed by atoms with Crippen LogP contribution in [0.1, 0.15) is 45.4 Å². The second kappa shape index (κ2) is 9.29. The van der Waals surface area contributed by atoms with Crippen LogP contribution in [0, 0.1) is 11.3 Å². The quantitative estimate of drug-likeness (QED) is 0.721. The number of halogens is 2. The Bertz CT molecular complexity index is 538. The van der Waals surface area contributed by atoms with E-state index in [1.165, 1.54) is 19.3 Å². The third kappa shape index (κ3) is 4.55. The highest BCUT2D eigenvalue weighted by Crippen LogP contribution is 2.45. The minimum absolute atomic E-state index is 0. The molecule has 27 heavy (non-hydrogen) atoms. The zero-order chi connectivity index (χ0) is 17.4. The number of nitrogens with zero attached hydrogens (tertiary/aromatic N) is 2. The molecule has 0 aromatic heterocycles. The van der Waals surface area contributed by atoms with Crippen molar-refractivity contribution < 1.29 is 9.59 Å². The number of hydrogen-bond donors (Lipinski definition) is 2. The third-order valence-corrected chi connectivity index (χ3v) is 6.92. The summed E-state index contributed by atoms with van der Waals surface area (Å²) in [6, 6.07) is 0.321. The molecule has 4 aliphatic rings. The van der Waals surface area contributed by atoms with Gasteiger partial charge in [-0.3, -0.25) is 14.5 Å². The number of rotatable bonds is 4. The number of piperazine rings is 1. The van der Waals surface area contributed by atoms with Crippen LogP contribution in [0.5, 0.6) is 0 Å². The first-order valence-electron chi connectivity index (χ1n) is 10.1. The molecule has 4 fully saturated rings. The van der Waals surface area contributed by atoms with Crippen LogP contribution in [0.4, 0.5) is 0 Å². The van der Waals surface area contributed by atoms with Crippen LogP contribution < -0.4 is 10.6 Å². The van der Waals surface area contributed by atoms with Gasteiger partial charge in [0, 0.05) is 38.8 Å². The van der Waals surface area contributed by atoms with E-state index in [1.54, 1.807) is 0 Å². The summed E-state index contributed by atoms with van der Waals surface area (Å²) in [5.41, 5.74) is -0.143. The SMILES string of the molecule is CC(C(=O)NC1CC1)N1CCN(C(=O)[C@@]23CCCC[C@H]2CNC3)CC1.Cl.Cl. The number of amides is 2. The normalized spacial score (nSPS) is 31.9. The molecule has 2 saturated heterocycles. The molecular weight excluding hydrogens is 387 g/mol. The molecule has 2 N–H and O–H groups in total. The van der Waals surface area contributed by atoms with Crippen molar-refractivity contribution in [2.75, 3.05) is 39.3 Å². The van der Waals surface area contributed by atoms with E-state index in [-0.39, 0.29) is 42.2 Å². The molecule has 0 bridgehead atoms. The molecular formula is C19H34Cl2N4O2. The van der Waals surface area contributed by atoms with Crippen molar-refractivity contribution in [3.8, 4) is 0 Å². The van der Waals surface area contributed by atoms with Crippen LogP contribution in [0.2, 0.25) is 0 Å². The van der Waals surface area contributed by atoms with Crippen molar-refractivity contribution in [2.24, 2.45) is 11.3 Å². The standard InChI is InChI=1S/C19H32N4O2.2ClH/c1-14(17(24)21-16-5-6-16)22-8-10-23(11-9-22)18(25)19-7-3-2-4-15(19)12-20-13-19;;/h14-16,20H,2-13H2,1H3,(H,21,24);2*1H/t14?,15-,19+;;/m0../s1. The molecule has 0 aromatic carbocycles. The Hall–Kier alpha value is -0.560. The maximum atomic E-state index is 13.3. The van der Waals surface area contributed by atoms with Crippen LogP contribution in [0.25, 0.3) is 0 Å². The Morgan fingerprint density at radius 1 is 1.07 bits per heavy atom. The average molecular weight is 421 g/mol. The van der Waals surface area contributed by atoms with E-state index in [2.05, 4.69) is 20.4 Å². The summed E-state index contributed by atoms with van der Waals surface area (Å²) < 4.78 is 0. The average Bonchev–Trinajstić information content (AvgIpc) is 3.35. The van der Waals surface area contributed by atoms with E-state index in [0.29, 0.717) is 17.9 Å². The summed E-state index contributed by atoms with van der Waals surface area (Å²) in [6.07, 6.45) is 6.93. The minimum atomic E-state index is -0.143. The topological polar surface area (TPSA) is 64.7 Å². The summed E-state index contributed by atoms with van der Waals surface area (Å²) in [6.45, 7) is 6.98. The van der Waals surface area contributed by atoms with Crippen molar-refractivity contribution in [1.29, 1.82) is 0 Å². The van der Waals surface area contributed by atoms with Gasteiger partial charge in [0.2, 0.25) is 11.8 Å². The molecule has 2 aliphatic carbocycles. The molecule has 0 spiro atoms. The van der Waals surface area contributed by atoms with Crippen molar-refractivity contribution in [3.05, 3.63) is 0 Å². The van der Waals surface area contributed by atoms with Crippen LogP contribution in [-0.4, -0.2) is 73.0 Å². The van der Waals surface area contributed by atoms with Crippen LogP contribution in [-0.2, 0) is 9.59 Å². The fourth-order valence-corrected chi connectivity index (χ4v) is 5.01. The molecule has 2 saturated carbocycles. The monoisotopic (exact) mass is 420 g/mol. The first-order valence-corrected chi connectivity index (χ1v) is 10.1. The lowest BCUT2D eigenvalue weighted by molar-refractivity contribution is -0.147. The Kier molecular flexibility index (Phi) is 7.82. The fraction of sp³-hybridized carbons (Fsp3) is 0.895. The van der Waals surface area contributed by atoms with E-state index in [4.69, 9.17) is 0 Å². The van der Waals surface area contributed by atoms with Gasteiger partial charge in [-0.2, -0.15) is 0 Å².